The van der Waals surface area contributed by atoms with Crippen LogP contribution < -0.4 is 15.8 Å². The number of nitrogens with one attached hydrogen (secondary N) is 1. The number of pyridine rings is 1. The summed E-state index contributed by atoms with van der Waals surface area (Å²) in [5.74, 6) is 0.393. The Morgan fingerprint density at radius 1 is 1.30 bits per heavy atom. The molecule has 6 heteroatoms. The molecule has 1 aromatic heterocycles. The van der Waals surface area contributed by atoms with Gasteiger partial charge in [0.2, 0.25) is 0 Å². The summed E-state index contributed by atoms with van der Waals surface area (Å²) in [5.41, 5.74) is 7.27. The Morgan fingerprint density at radius 3 is 2.91 bits per heavy atom. The van der Waals surface area contributed by atoms with Crippen molar-refractivity contribution in [2.75, 3.05) is 13.2 Å². The van der Waals surface area contributed by atoms with Gasteiger partial charge in [-0.25, -0.2) is 0 Å². The summed E-state index contributed by atoms with van der Waals surface area (Å²) >= 11 is 0. The first-order valence-electron chi connectivity index (χ1n) is 7.34. The first-order valence-corrected chi connectivity index (χ1v) is 7.34. The predicted octanol–water partition coefficient (Wildman–Crippen LogP) is 1.55. The number of carbonyl (C=O) groups excluding carboxylic acids is 2. The lowest BCUT2D eigenvalue weighted by Crippen LogP contribution is -2.26. The molecule has 2 aromatic rings. The molecule has 0 saturated carbocycles. The molecule has 1 amide bonds. The minimum atomic E-state index is -0.267. The molecule has 0 aliphatic rings. The predicted molar refractivity (Wildman–Crippen MR) is 86.4 cm³/mol. The third kappa shape index (κ3) is 4.62. The van der Waals surface area contributed by atoms with Gasteiger partial charge in [-0.15, -0.1) is 0 Å². The zero-order valence-corrected chi connectivity index (χ0v) is 12.7. The monoisotopic (exact) mass is 313 g/mol. The smallest absolute Gasteiger partial charge is 0.252 e. The number of nitrogens with two attached hydrogens (primary N) is 1. The molecular weight excluding hydrogens is 294 g/mol. The lowest BCUT2D eigenvalue weighted by atomic mass is 10.1. The van der Waals surface area contributed by atoms with E-state index in [1.807, 2.05) is 6.07 Å². The van der Waals surface area contributed by atoms with E-state index in [9.17, 15) is 9.59 Å². The fraction of sp³-hybridized carbons (Fsp3) is 0.235. The average molecular weight is 313 g/mol. The third-order valence-corrected chi connectivity index (χ3v) is 3.29. The highest BCUT2D eigenvalue weighted by atomic mass is 16.5. The molecule has 0 bridgehead atoms. The molecule has 0 aliphatic heterocycles. The number of ether oxygens (including phenoxy) is 1. The van der Waals surface area contributed by atoms with Gasteiger partial charge in [-0.3, -0.25) is 14.6 Å². The summed E-state index contributed by atoms with van der Waals surface area (Å²) in [4.78, 5) is 26.9. The molecule has 23 heavy (non-hydrogen) atoms. The fourth-order valence-corrected chi connectivity index (χ4v) is 2.07. The van der Waals surface area contributed by atoms with Crippen LogP contribution in [-0.4, -0.2) is 30.3 Å². The highest BCUT2D eigenvalue weighted by Gasteiger charge is 2.09. The van der Waals surface area contributed by atoms with Crippen molar-refractivity contribution in [2.45, 2.75) is 13.0 Å². The molecule has 120 valence electrons. The number of benzene rings is 1. The van der Waals surface area contributed by atoms with Crippen molar-refractivity contribution in [2.24, 2.45) is 5.73 Å². The van der Waals surface area contributed by atoms with Gasteiger partial charge in [-0.2, -0.15) is 0 Å². The average Bonchev–Trinajstić information content (AvgIpc) is 2.61. The highest BCUT2D eigenvalue weighted by Crippen LogP contribution is 2.15. The van der Waals surface area contributed by atoms with Gasteiger partial charge in [-0.1, -0.05) is 18.2 Å². The number of hydrogen-bond donors (Lipinski definition) is 2. The van der Waals surface area contributed by atoms with Crippen LogP contribution in [0.1, 0.15) is 32.7 Å². The van der Waals surface area contributed by atoms with Crippen molar-refractivity contribution in [3.8, 4) is 5.75 Å². The number of hydrogen-bond acceptors (Lipinski definition) is 5. The second-order valence-corrected chi connectivity index (χ2v) is 4.85. The number of aldehydes is 1. The molecule has 3 N–H and O–H groups in total. The van der Waals surface area contributed by atoms with Crippen LogP contribution in [0, 0.1) is 0 Å². The first kappa shape index (κ1) is 16.6. The van der Waals surface area contributed by atoms with Crippen LogP contribution >= 0.6 is 0 Å². The van der Waals surface area contributed by atoms with E-state index in [1.165, 1.54) is 0 Å². The van der Waals surface area contributed by atoms with Crippen molar-refractivity contribution < 1.29 is 14.3 Å². The molecule has 6 nitrogen and oxygen atoms in total. The van der Waals surface area contributed by atoms with Gasteiger partial charge in [0, 0.05) is 36.0 Å². The van der Waals surface area contributed by atoms with Gasteiger partial charge >= 0.3 is 0 Å². The van der Waals surface area contributed by atoms with E-state index in [0.29, 0.717) is 49.3 Å². The largest absolute Gasteiger partial charge is 0.492 e. The Balaban J connectivity index is 1.77. The summed E-state index contributed by atoms with van der Waals surface area (Å²) in [5, 5.41) is 2.77. The van der Waals surface area contributed by atoms with Gasteiger partial charge in [0.05, 0.1) is 12.8 Å². The zero-order valence-electron chi connectivity index (χ0n) is 12.7. The quantitative estimate of drug-likeness (QED) is 0.569. The second-order valence-electron chi connectivity index (χ2n) is 4.85. The first-order chi connectivity index (χ1) is 11.3. The maximum absolute atomic E-state index is 12.0. The number of aromatic nitrogens is 1. The lowest BCUT2D eigenvalue weighted by Gasteiger charge is -2.10. The summed E-state index contributed by atoms with van der Waals surface area (Å²) in [7, 11) is 0. The standard InChI is InChI=1S/C17H19N3O3/c18-10-13-6-8-19-11-16(13)23-9-3-7-20-17(22)15-5-2-1-4-14(15)12-21/h1-2,4-6,8,11-12H,3,7,9-10,18H2,(H,20,22). The maximum atomic E-state index is 12.0. The van der Waals surface area contributed by atoms with Crippen LogP contribution in [0.25, 0.3) is 0 Å². The van der Waals surface area contributed by atoms with Crippen LogP contribution in [0.15, 0.2) is 42.7 Å². The minimum Gasteiger partial charge on any atom is -0.492 e. The van der Waals surface area contributed by atoms with Gasteiger partial charge in [0.1, 0.15) is 5.75 Å². The number of nitrogens with zero attached hydrogens (tertiary/aromatic N) is 1. The Kier molecular flexibility index (Phi) is 6.26. The lowest BCUT2D eigenvalue weighted by molar-refractivity contribution is 0.0946. The van der Waals surface area contributed by atoms with Crippen LogP contribution in [-0.2, 0) is 6.54 Å². The van der Waals surface area contributed by atoms with E-state index in [2.05, 4.69) is 10.3 Å². The molecule has 0 radical (unpaired) electrons. The molecule has 0 spiro atoms. The number of amides is 1. The molecule has 1 heterocycles. The Bertz CT molecular complexity index is 674. The Morgan fingerprint density at radius 2 is 2.13 bits per heavy atom. The molecule has 0 atom stereocenters. The summed E-state index contributed by atoms with van der Waals surface area (Å²) < 4.78 is 5.61. The van der Waals surface area contributed by atoms with Crippen molar-refractivity contribution >= 4 is 12.2 Å². The topological polar surface area (TPSA) is 94.3 Å². The van der Waals surface area contributed by atoms with Crippen LogP contribution in [0.3, 0.4) is 0 Å². The van der Waals surface area contributed by atoms with Crippen molar-refractivity contribution in [1.82, 2.24) is 10.3 Å². The van der Waals surface area contributed by atoms with E-state index >= 15 is 0 Å². The molecular formula is C17H19N3O3. The molecule has 0 saturated heterocycles. The second kappa shape index (κ2) is 8.65. The summed E-state index contributed by atoms with van der Waals surface area (Å²) in [6, 6.07) is 8.49. The van der Waals surface area contributed by atoms with Gasteiger partial charge in [0.15, 0.2) is 6.29 Å². The normalized spacial score (nSPS) is 10.1. The summed E-state index contributed by atoms with van der Waals surface area (Å²) in [6.45, 7) is 1.27. The highest BCUT2D eigenvalue weighted by molar-refractivity contribution is 6.01. The van der Waals surface area contributed by atoms with Crippen LogP contribution in [0.2, 0.25) is 0 Å². The number of rotatable bonds is 8. The van der Waals surface area contributed by atoms with Crippen LogP contribution in [0.4, 0.5) is 0 Å². The van der Waals surface area contributed by atoms with Gasteiger partial charge in [0.25, 0.3) is 5.91 Å². The SMILES string of the molecule is NCc1ccncc1OCCCNC(=O)c1ccccc1C=O. The van der Waals surface area contributed by atoms with E-state index in [1.54, 1.807) is 36.7 Å². The van der Waals surface area contributed by atoms with Gasteiger partial charge < -0.3 is 15.8 Å². The molecule has 0 fully saturated rings. The molecule has 2 rings (SSSR count). The summed E-state index contributed by atoms with van der Waals surface area (Å²) in [6.07, 6.45) is 4.60. The molecule has 0 unspecified atom stereocenters. The minimum absolute atomic E-state index is 0.267. The van der Waals surface area contributed by atoms with E-state index in [4.69, 9.17) is 10.5 Å². The number of carbonyl (C=O) groups is 2. The molecule has 0 aliphatic carbocycles. The van der Waals surface area contributed by atoms with Crippen LogP contribution in [0.5, 0.6) is 5.75 Å². The van der Waals surface area contributed by atoms with E-state index in [-0.39, 0.29) is 5.91 Å². The zero-order chi connectivity index (χ0) is 16.5. The van der Waals surface area contributed by atoms with Crippen molar-refractivity contribution in [3.05, 3.63) is 59.4 Å². The Labute approximate surface area is 134 Å². The Hall–Kier alpha value is -2.73. The maximum Gasteiger partial charge on any atom is 0.252 e. The molecule has 1 aromatic carbocycles. The fourth-order valence-electron chi connectivity index (χ4n) is 2.07. The van der Waals surface area contributed by atoms with Crippen molar-refractivity contribution in [1.29, 1.82) is 0 Å². The van der Waals surface area contributed by atoms with Crippen molar-refractivity contribution in [3.63, 3.8) is 0 Å². The van der Waals surface area contributed by atoms with E-state index < -0.39 is 0 Å². The van der Waals surface area contributed by atoms with Gasteiger partial charge in [-0.05, 0) is 18.6 Å². The van der Waals surface area contributed by atoms with E-state index in [0.717, 1.165) is 5.56 Å². The third-order valence-electron chi connectivity index (χ3n) is 3.29.